The van der Waals surface area contributed by atoms with Gasteiger partial charge in [-0.05, 0) is 52.3 Å². The molecule has 1 aromatic carbocycles. The summed E-state index contributed by atoms with van der Waals surface area (Å²) in [5, 5.41) is 9.37. The zero-order valence-electron chi connectivity index (χ0n) is 17.0. The van der Waals surface area contributed by atoms with Gasteiger partial charge in [0.1, 0.15) is 5.56 Å². The van der Waals surface area contributed by atoms with Gasteiger partial charge >= 0.3 is 5.97 Å². The molecule has 156 valence electrons. The standard InChI is InChI=1S/C21H27FN4O3/c1-11(24(2)3)12-6-7-25(9-12)16-8-15-17(19(23)18(16)22)20(27)14(21(28)29)10-26(15)13-4-5-13/h8,10-13H,4-7,9,23H2,1-3H3,(H,28,29)/t11-,12+/m0/s1. The first kappa shape index (κ1) is 19.7. The maximum absolute atomic E-state index is 15.3. The van der Waals surface area contributed by atoms with Crippen molar-refractivity contribution in [1.82, 2.24) is 9.47 Å². The number of hydrogen-bond donors (Lipinski definition) is 2. The molecule has 0 radical (unpaired) electrons. The van der Waals surface area contributed by atoms with Crippen LogP contribution in [-0.2, 0) is 0 Å². The molecular weight excluding hydrogens is 375 g/mol. The Kier molecular flexibility index (Phi) is 4.77. The van der Waals surface area contributed by atoms with E-state index in [2.05, 4.69) is 11.8 Å². The Morgan fingerprint density at radius 1 is 1.34 bits per heavy atom. The van der Waals surface area contributed by atoms with Crippen LogP contribution in [0.1, 0.15) is 42.6 Å². The zero-order valence-corrected chi connectivity index (χ0v) is 17.0. The molecule has 29 heavy (non-hydrogen) atoms. The van der Waals surface area contributed by atoms with Crippen LogP contribution in [0, 0.1) is 11.7 Å². The molecule has 2 atom stereocenters. The van der Waals surface area contributed by atoms with Gasteiger partial charge in [0.25, 0.3) is 0 Å². The molecule has 2 heterocycles. The first-order valence-electron chi connectivity index (χ1n) is 10.0. The maximum Gasteiger partial charge on any atom is 0.341 e. The Morgan fingerprint density at radius 2 is 2.03 bits per heavy atom. The van der Waals surface area contributed by atoms with Crippen LogP contribution >= 0.6 is 0 Å². The van der Waals surface area contributed by atoms with Gasteiger partial charge in [0.05, 0.1) is 22.3 Å². The second-order valence-electron chi connectivity index (χ2n) is 8.53. The van der Waals surface area contributed by atoms with Crippen molar-refractivity contribution >= 4 is 28.2 Å². The Labute approximate surface area is 168 Å². The highest BCUT2D eigenvalue weighted by Crippen LogP contribution is 2.40. The fourth-order valence-electron chi connectivity index (χ4n) is 4.35. The third-order valence-electron chi connectivity index (χ3n) is 6.51. The smallest absolute Gasteiger partial charge is 0.341 e. The number of aromatic carboxylic acids is 1. The molecule has 8 heteroatoms. The van der Waals surface area contributed by atoms with Crippen LogP contribution in [0.25, 0.3) is 10.9 Å². The Morgan fingerprint density at radius 3 is 2.62 bits per heavy atom. The molecular formula is C21H27FN4O3. The van der Waals surface area contributed by atoms with Crippen LogP contribution < -0.4 is 16.1 Å². The van der Waals surface area contributed by atoms with Crippen LogP contribution in [0.3, 0.4) is 0 Å². The molecule has 0 amide bonds. The monoisotopic (exact) mass is 402 g/mol. The summed E-state index contributed by atoms with van der Waals surface area (Å²) in [6, 6.07) is 2.16. The van der Waals surface area contributed by atoms with Crippen LogP contribution in [0.2, 0.25) is 0 Å². The van der Waals surface area contributed by atoms with E-state index in [1.165, 1.54) is 6.20 Å². The van der Waals surface area contributed by atoms with Crippen molar-refractivity contribution in [3.63, 3.8) is 0 Å². The Hall–Kier alpha value is -2.61. The number of hydrogen-bond acceptors (Lipinski definition) is 5. The lowest BCUT2D eigenvalue weighted by atomic mass is 10.00. The van der Waals surface area contributed by atoms with Crippen LogP contribution in [0.4, 0.5) is 15.8 Å². The topological polar surface area (TPSA) is 91.8 Å². The number of halogens is 1. The largest absolute Gasteiger partial charge is 0.477 e. The number of aromatic nitrogens is 1. The number of carboxylic acid groups (broad SMARTS) is 1. The first-order chi connectivity index (χ1) is 13.7. The predicted molar refractivity (Wildman–Crippen MR) is 111 cm³/mol. The zero-order chi connectivity index (χ0) is 21.0. The molecule has 2 aromatic rings. The van der Waals surface area contributed by atoms with Crippen molar-refractivity contribution in [3.8, 4) is 0 Å². The summed E-state index contributed by atoms with van der Waals surface area (Å²) in [6.07, 6.45) is 4.13. The molecule has 1 saturated heterocycles. The number of carboxylic acids is 1. The molecule has 1 aliphatic carbocycles. The number of benzene rings is 1. The minimum Gasteiger partial charge on any atom is -0.477 e. The Bertz CT molecular complexity index is 1040. The molecule has 0 spiro atoms. The van der Waals surface area contributed by atoms with Crippen LogP contribution in [-0.4, -0.2) is 53.8 Å². The highest BCUT2D eigenvalue weighted by atomic mass is 19.1. The summed E-state index contributed by atoms with van der Waals surface area (Å²) >= 11 is 0. The van der Waals surface area contributed by atoms with E-state index >= 15 is 4.39 Å². The Balaban J connectivity index is 1.85. The molecule has 0 bridgehead atoms. The van der Waals surface area contributed by atoms with Crippen molar-refractivity contribution in [2.24, 2.45) is 5.92 Å². The molecule has 0 unspecified atom stereocenters. The van der Waals surface area contributed by atoms with Crippen molar-refractivity contribution in [2.75, 3.05) is 37.8 Å². The fraction of sp³-hybridized carbons (Fsp3) is 0.524. The van der Waals surface area contributed by atoms with Crippen molar-refractivity contribution < 1.29 is 14.3 Å². The number of fused-ring (bicyclic) bond motifs is 1. The quantitative estimate of drug-likeness (QED) is 0.747. The van der Waals surface area contributed by atoms with Gasteiger partial charge < -0.3 is 25.2 Å². The number of rotatable bonds is 5. The second-order valence-corrected chi connectivity index (χ2v) is 8.53. The van der Waals surface area contributed by atoms with Gasteiger partial charge in [0, 0.05) is 31.4 Å². The number of pyridine rings is 1. The molecule has 2 fully saturated rings. The summed E-state index contributed by atoms with van der Waals surface area (Å²) < 4.78 is 17.0. The fourth-order valence-corrected chi connectivity index (χ4v) is 4.35. The average molecular weight is 402 g/mol. The molecule has 2 aliphatic rings. The normalized spacial score (nSPS) is 20.6. The van der Waals surface area contributed by atoms with Crippen molar-refractivity contribution in [1.29, 1.82) is 0 Å². The number of nitrogens with zero attached hydrogens (tertiary/aromatic N) is 3. The summed E-state index contributed by atoms with van der Waals surface area (Å²) in [6.45, 7) is 3.59. The lowest BCUT2D eigenvalue weighted by molar-refractivity contribution is 0.0695. The maximum atomic E-state index is 15.3. The number of nitrogen functional groups attached to an aromatic ring is 1. The number of carbonyl (C=O) groups is 1. The van der Waals surface area contributed by atoms with Crippen molar-refractivity contribution in [3.05, 3.63) is 33.9 Å². The third kappa shape index (κ3) is 3.25. The van der Waals surface area contributed by atoms with Gasteiger partial charge in [-0.15, -0.1) is 0 Å². The van der Waals surface area contributed by atoms with Gasteiger partial charge in [-0.3, -0.25) is 4.79 Å². The molecule has 7 nitrogen and oxygen atoms in total. The van der Waals surface area contributed by atoms with Crippen LogP contribution in [0.15, 0.2) is 17.1 Å². The highest BCUT2D eigenvalue weighted by Gasteiger charge is 2.32. The summed E-state index contributed by atoms with van der Waals surface area (Å²) in [5.41, 5.74) is 5.62. The van der Waals surface area contributed by atoms with E-state index < -0.39 is 17.2 Å². The lowest BCUT2D eigenvalue weighted by Gasteiger charge is -2.27. The van der Waals surface area contributed by atoms with E-state index in [1.807, 2.05) is 19.0 Å². The molecule has 1 aliphatic heterocycles. The van der Waals surface area contributed by atoms with E-state index in [1.54, 1.807) is 10.6 Å². The predicted octanol–water partition coefficient (Wildman–Crippen LogP) is 2.53. The van der Waals surface area contributed by atoms with Gasteiger partial charge in [-0.2, -0.15) is 0 Å². The lowest BCUT2D eigenvalue weighted by Crippen LogP contribution is -2.34. The summed E-state index contributed by atoms with van der Waals surface area (Å²) in [7, 11) is 4.08. The minimum absolute atomic E-state index is 0.0320. The molecule has 3 N–H and O–H groups in total. The number of anilines is 2. The van der Waals surface area contributed by atoms with Gasteiger partial charge in [-0.25, -0.2) is 9.18 Å². The highest BCUT2D eigenvalue weighted by molar-refractivity contribution is 5.99. The molecule has 4 rings (SSSR count). The number of nitrogens with two attached hydrogens (primary N) is 1. The van der Waals surface area contributed by atoms with Gasteiger partial charge in [0.2, 0.25) is 5.43 Å². The van der Waals surface area contributed by atoms with E-state index in [-0.39, 0.29) is 22.7 Å². The van der Waals surface area contributed by atoms with E-state index in [0.29, 0.717) is 36.3 Å². The second kappa shape index (κ2) is 7.02. The minimum atomic E-state index is -1.32. The van der Waals surface area contributed by atoms with Gasteiger partial charge in [0.15, 0.2) is 5.82 Å². The van der Waals surface area contributed by atoms with E-state index in [4.69, 9.17) is 5.73 Å². The van der Waals surface area contributed by atoms with E-state index in [9.17, 15) is 14.7 Å². The molecule has 1 saturated carbocycles. The third-order valence-corrected chi connectivity index (χ3v) is 6.51. The van der Waals surface area contributed by atoms with E-state index in [0.717, 1.165) is 19.3 Å². The average Bonchev–Trinajstić information content (AvgIpc) is 3.39. The SMILES string of the molecule is C[C@@H]([C@@H]1CCN(c2cc3c(c(N)c2F)c(=O)c(C(=O)O)cn3C2CC2)C1)N(C)C. The summed E-state index contributed by atoms with van der Waals surface area (Å²) in [5.74, 6) is -1.56. The first-order valence-corrected chi connectivity index (χ1v) is 10.0. The van der Waals surface area contributed by atoms with Gasteiger partial charge in [-0.1, -0.05) is 0 Å². The molecule has 1 aromatic heterocycles. The van der Waals surface area contributed by atoms with Crippen LogP contribution in [0.5, 0.6) is 0 Å². The van der Waals surface area contributed by atoms with Crippen molar-refractivity contribution in [2.45, 2.75) is 38.3 Å². The summed E-state index contributed by atoms with van der Waals surface area (Å²) in [4.78, 5) is 28.4.